The van der Waals surface area contributed by atoms with Crippen LogP contribution in [0.25, 0.3) is 0 Å². The van der Waals surface area contributed by atoms with E-state index in [0.29, 0.717) is 5.78 Å². The summed E-state index contributed by atoms with van der Waals surface area (Å²) in [5, 5.41) is 0. The molecule has 2 aromatic rings. The van der Waals surface area contributed by atoms with Crippen LogP contribution in [-0.4, -0.2) is 5.78 Å². The molecule has 1 nitrogen and oxygen atoms in total. The Balaban J connectivity index is 2.74. The minimum atomic E-state index is -0.535. The number of benzene rings is 2. The third kappa shape index (κ3) is 3.13. The molecular weight excluding hydrogens is 316 g/mol. The van der Waals surface area contributed by atoms with Crippen LogP contribution in [0.4, 0.5) is 0 Å². The maximum absolute atomic E-state index is 14.3. The zero-order valence-corrected chi connectivity index (χ0v) is 17.7. The number of ketones is 1. The molecule has 0 bridgehead atoms. The van der Waals surface area contributed by atoms with E-state index in [4.69, 9.17) is 0 Å². The highest BCUT2D eigenvalue weighted by Crippen LogP contribution is 2.45. The summed E-state index contributed by atoms with van der Waals surface area (Å²) in [6.07, 6.45) is 0. The molecule has 0 aliphatic heterocycles. The van der Waals surface area contributed by atoms with Crippen LogP contribution >= 0.6 is 0 Å². The van der Waals surface area contributed by atoms with Gasteiger partial charge >= 0.3 is 0 Å². The molecule has 2 atom stereocenters. The van der Waals surface area contributed by atoms with Gasteiger partial charge in [0.2, 0.25) is 0 Å². The van der Waals surface area contributed by atoms with Gasteiger partial charge in [0.25, 0.3) is 0 Å². The van der Waals surface area contributed by atoms with E-state index in [1.807, 2.05) is 12.1 Å². The number of rotatable bonds is 6. The third-order valence-corrected chi connectivity index (χ3v) is 6.66. The van der Waals surface area contributed by atoms with Gasteiger partial charge in [-0.15, -0.1) is 0 Å². The standard InChI is InChI=1S/C25H34O/c1-17(2)24(7,21-15-11-9-13-19(21)5)23(26)25(8,18(3)4)22-16-12-10-14-20(22)6/h9-18H,1-8H3. The molecule has 0 amide bonds. The van der Waals surface area contributed by atoms with Crippen molar-refractivity contribution >= 4 is 5.78 Å². The second-order valence-corrected chi connectivity index (χ2v) is 8.67. The molecule has 0 radical (unpaired) electrons. The van der Waals surface area contributed by atoms with Crippen LogP contribution in [-0.2, 0) is 15.6 Å². The molecule has 0 saturated heterocycles. The van der Waals surface area contributed by atoms with Gasteiger partial charge in [0.05, 0.1) is 10.8 Å². The molecule has 0 aliphatic rings. The highest BCUT2D eigenvalue weighted by molar-refractivity contribution is 5.99. The number of hydrogen-bond donors (Lipinski definition) is 0. The van der Waals surface area contributed by atoms with Crippen LogP contribution in [0.3, 0.4) is 0 Å². The maximum Gasteiger partial charge on any atom is 0.153 e. The van der Waals surface area contributed by atoms with E-state index in [9.17, 15) is 4.79 Å². The van der Waals surface area contributed by atoms with Crippen LogP contribution in [0.15, 0.2) is 48.5 Å². The Bertz CT molecular complexity index is 721. The largest absolute Gasteiger partial charge is 0.298 e. The van der Waals surface area contributed by atoms with Crippen LogP contribution in [0.1, 0.15) is 63.8 Å². The van der Waals surface area contributed by atoms with Crippen molar-refractivity contribution in [3.63, 3.8) is 0 Å². The lowest BCUT2D eigenvalue weighted by Gasteiger charge is -2.44. The zero-order chi connectivity index (χ0) is 19.7. The normalized spacial score (nSPS) is 16.4. The van der Waals surface area contributed by atoms with Gasteiger partial charge in [-0.05, 0) is 61.8 Å². The van der Waals surface area contributed by atoms with Gasteiger partial charge in [-0.1, -0.05) is 76.2 Å². The summed E-state index contributed by atoms with van der Waals surface area (Å²) in [5.74, 6) is 0.731. The minimum absolute atomic E-state index is 0.207. The fraction of sp³-hybridized carbons (Fsp3) is 0.480. The average molecular weight is 351 g/mol. The van der Waals surface area contributed by atoms with E-state index in [0.717, 1.165) is 11.1 Å². The summed E-state index contributed by atoms with van der Waals surface area (Å²) in [6.45, 7) is 17.2. The zero-order valence-electron chi connectivity index (χ0n) is 17.7. The Kier molecular flexibility index (Phi) is 5.80. The summed E-state index contributed by atoms with van der Waals surface area (Å²) in [6, 6.07) is 16.7. The Hall–Kier alpha value is -1.89. The molecule has 2 aromatic carbocycles. The van der Waals surface area contributed by atoms with Crippen molar-refractivity contribution < 1.29 is 4.79 Å². The Labute approximate surface area is 159 Å². The number of carbonyl (C=O) groups is 1. The predicted molar refractivity (Wildman–Crippen MR) is 112 cm³/mol. The summed E-state index contributed by atoms with van der Waals surface area (Å²) in [7, 11) is 0. The van der Waals surface area contributed by atoms with Gasteiger partial charge in [0.15, 0.2) is 5.78 Å². The molecule has 140 valence electrons. The lowest BCUT2D eigenvalue weighted by atomic mass is 9.57. The third-order valence-electron chi connectivity index (χ3n) is 6.66. The van der Waals surface area contributed by atoms with Gasteiger partial charge in [0, 0.05) is 0 Å². The summed E-state index contributed by atoms with van der Waals surface area (Å²) in [4.78, 5) is 14.3. The molecule has 0 heterocycles. The van der Waals surface area contributed by atoms with E-state index in [2.05, 4.69) is 91.8 Å². The number of aryl methyl sites for hydroxylation is 2. The van der Waals surface area contributed by atoms with Gasteiger partial charge in [-0.25, -0.2) is 0 Å². The molecule has 0 spiro atoms. The van der Waals surface area contributed by atoms with Gasteiger partial charge in [-0.2, -0.15) is 0 Å². The average Bonchev–Trinajstić information content (AvgIpc) is 2.60. The van der Waals surface area contributed by atoms with Crippen molar-refractivity contribution in [2.75, 3.05) is 0 Å². The maximum atomic E-state index is 14.3. The number of hydrogen-bond acceptors (Lipinski definition) is 1. The van der Waals surface area contributed by atoms with Gasteiger partial charge < -0.3 is 0 Å². The van der Waals surface area contributed by atoms with Crippen molar-refractivity contribution in [3.8, 4) is 0 Å². The van der Waals surface area contributed by atoms with Crippen molar-refractivity contribution in [2.24, 2.45) is 11.8 Å². The number of Topliss-reactive ketones (excluding diaryl/α,β-unsaturated/α-hetero) is 1. The SMILES string of the molecule is Cc1ccccc1C(C)(C(=O)C(C)(c1ccccc1C)C(C)C)C(C)C. The predicted octanol–water partition coefficient (Wildman–Crippen LogP) is 6.40. The first-order chi connectivity index (χ1) is 12.1. The first kappa shape index (κ1) is 20.4. The first-order valence-corrected chi connectivity index (χ1v) is 9.75. The Morgan fingerprint density at radius 1 is 0.692 bits per heavy atom. The van der Waals surface area contributed by atoms with Gasteiger partial charge in [-0.3, -0.25) is 4.79 Å². The molecule has 0 saturated carbocycles. The fourth-order valence-corrected chi connectivity index (χ4v) is 4.24. The molecule has 26 heavy (non-hydrogen) atoms. The number of carbonyl (C=O) groups excluding carboxylic acids is 1. The fourth-order valence-electron chi connectivity index (χ4n) is 4.24. The Morgan fingerprint density at radius 2 is 1.00 bits per heavy atom. The highest BCUT2D eigenvalue weighted by Gasteiger charge is 2.50. The smallest absolute Gasteiger partial charge is 0.153 e. The highest BCUT2D eigenvalue weighted by atomic mass is 16.1. The molecule has 2 unspecified atom stereocenters. The van der Waals surface area contributed by atoms with E-state index < -0.39 is 10.8 Å². The molecule has 0 aliphatic carbocycles. The van der Waals surface area contributed by atoms with Crippen LogP contribution in [0, 0.1) is 25.7 Å². The molecule has 0 N–H and O–H groups in total. The molecular formula is C25H34O. The van der Waals surface area contributed by atoms with E-state index in [1.54, 1.807) is 0 Å². The van der Waals surface area contributed by atoms with Crippen molar-refractivity contribution in [2.45, 2.75) is 66.2 Å². The summed E-state index contributed by atoms with van der Waals surface area (Å²) >= 11 is 0. The van der Waals surface area contributed by atoms with Crippen molar-refractivity contribution in [1.82, 2.24) is 0 Å². The van der Waals surface area contributed by atoms with Crippen molar-refractivity contribution in [1.29, 1.82) is 0 Å². The molecule has 2 rings (SSSR count). The van der Waals surface area contributed by atoms with E-state index in [-0.39, 0.29) is 11.8 Å². The lowest BCUT2D eigenvalue weighted by Crippen LogP contribution is -2.52. The van der Waals surface area contributed by atoms with E-state index >= 15 is 0 Å². The van der Waals surface area contributed by atoms with Crippen molar-refractivity contribution in [3.05, 3.63) is 70.8 Å². The first-order valence-electron chi connectivity index (χ1n) is 9.75. The lowest BCUT2D eigenvalue weighted by molar-refractivity contribution is -0.132. The monoisotopic (exact) mass is 350 g/mol. The second kappa shape index (κ2) is 7.39. The Morgan fingerprint density at radius 3 is 1.27 bits per heavy atom. The molecule has 1 heteroatoms. The second-order valence-electron chi connectivity index (χ2n) is 8.67. The van der Waals surface area contributed by atoms with Crippen LogP contribution < -0.4 is 0 Å². The van der Waals surface area contributed by atoms with Crippen LogP contribution in [0.5, 0.6) is 0 Å². The summed E-state index contributed by atoms with van der Waals surface area (Å²) < 4.78 is 0. The molecule has 0 aromatic heterocycles. The molecule has 0 fully saturated rings. The quantitative estimate of drug-likeness (QED) is 0.589. The van der Waals surface area contributed by atoms with Gasteiger partial charge in [0.1, 0.15) is 0 Å². The minimum Gasteiger partial charge on any atom is -0.298 e. The topological polar surface area (TPSA) is 17.1 Å². The van der Waals surface area contributed by atoms with E-state index in [1.165, 1.54) is 11.1 Å². The summed E-state index contributed by atoms with van der Waals surface area (Å²) in [5.41, 5.74) is 3.61. The van der Waals surface area contributed by atoms with Crippen LogP contribution in [0.2, 0.25) is 0 Å².